The second-order valence-electron chi connectivity index (χ2n) is 8.71. The average molecular weight is 337 g/mol. The van der Waals surface area contributed by atoms with E-state index >= 15 is 0 Å². The zero-order valence-corrected chi connectivity index (χ0v) is 16.0. The van der Waals surface area contributed by atoms with E-state index in [4.69, 9.17) is 0 Å². The van der Waals surface area contributed by atoms with Gasteiger partial charge >= 0.3 is 0 Å². The van der Waals surface area contributed by atoms with Crippen LogP contribution in [0, 0.1) is 12.3 Å². The lowest BCUT2D eigenvalue weighted by Gasteiger charge is -2.34. The molecule has 0 amide bonds. The number of hydrogen-bond acceptors (Lipinski definition) is 3. The zero-order valence-electron chi connectivity index (χ0n) is 16.0. The summed E-state index contributed by atoms with van der Waals surface area (Å²) in [4.78, 5) is 1.56. The molecule has 0 aliphatic rings. The molecular weight excluding hydrogens is 310 g/mol. The van der Waals surface area contributed by atoms with Gasteiger partial charge in [-0.05, 0) is 53.5 Å². The summed E-state index contributed by atoms with van der Waals surface area (Å²) < 4.78 is 0. The third-order valence-corrected chi connectivity index (χ3v) is 4.60. The van der Waals surface area contributed by atoms with Gasteiger partial charge in [0.1, 0.15) is 22.5 Å². The van der Waals surface area contributed by atoms with E-state index in [2.05, 4.69) is 44.8 Å². The van der Waals surface area contributed by atoms with Crippen LogP contribution in [0.2, 0.25) is 0 Å². The molecule has 0 spiro atoms. The zero-order chi connectivity index (χ0) is 18.4. The molecule has 3 aromatic rings. The first-order valence-electron chi connectivity index (χ1n) is 8.74. The van der Waals surface area contributed by atoms with Crippen molar-refractivity contribution in [3.05, 3.63) is 47.5 Å². The van der Waals surface area contributed by atoms with Gasteiger partial charge in [-0.2, -0.15) is 0 Å². The Balaban J connectivity index is 2.15. The van der Waals surface area contributed by atoms with Crippen molar-refractivity contribution in [2.75, 3.05) is 0 Å². The highest BCUT2D eigenvalue weighted by Gasteiger charge is 2.30. The first-order chi connectivity index (χ1) is 11.6. The predicted octanol–water partition coefficient (Wildman–Crippen LogP) is 5.15. The Labute approximate surface area is 149 Å². The molecule has 25 heavy (non-hydrogen) atoms. The van der Waals surface area contributed by atoms with Crippen molar-refractivity contribution in [2.24, 2.45) is 5.41 Å². The van der Waals surface area contributed by atoms with E-state index in [1.165, 1.54) is 5.56 Å². The highest BCUT2D eigenvalue weighted by atomic mass is 16.3. The lowest BCUT2D eigenvalue weighted by molar-refractivity contribution is 0.283. The third kappa shape index (κ3) is 3.39. The number of phenolic OH excluding ortho intramolecular Hbond substituents is 1. The molecule has 2 aromatic carbocycles. The lowest BCUT2D eigenvalue weighted by Crippen LogP contribution is -2.26. The minimum Gasteiger partial charge on any atom is -0.506 e. The number of phenols is 1. The number of hydrogen-bond donors (Lipinski definition) is 1. The molecule has 0 saturated heterocycles. The van der Waals surface area contributed by atoms with Crippen LogP contribution in [0.5, 0.6) is 5.75 Å². The first-order valence-corrected chi connectivity index (χ1v) is 8.74. The molecule has 4 heteroatoms. The van der Waals surface area contributed by atoms with E-state index in [9.17, 15) is 5.11 Å². The molecular formula is C21H27N3O. The van der Waals surface area contributed by atoms with Crippen molar-refractivity contribution >= 4 is 11.0 Å². The summed E-state index contributed by atoms with van der Waals surface area (Å²) in [6, 6.07) is 11.5. The number of benzene rings is 2. The van der Waals surface area contributed by atoms with E-state index in [1.54, 1.807) is 10.9 Å². The maximum absolute atomic E-state index is 10.5. The molecule has 1 N–H and O–H groups in total. The van der Waals surface area contributed by atoms with Gasteiger partial charge in [0.15, 0.2) is 0 Å². The number of rotatable bonds is 3. The van der Waals surface area contributed by atoms with Crippen LogP contribution in [0.15, 0.2) is 36.4 Å². The maximum Gasteiger partial charge on any atom is 0.143 e. The van der Waals surface area contributed by atoms with E-state index in [0.717, 1.165) is 23.0 Å². The number of fused-ring (bicyclic) bond motifs is 1. The van der Waals surface area contributed by atoms with Gasteiger partial charge in [-0.1, -0.05) is 52.8 Å². The summed E-state index contributed by atoms with van der Waals surface area (Å²) in [6.07, 6.45) is 1.04. The van der Waals surface area contributed by atoms with Gasteiger partial charge in [-0.25, -0.2) is 0 Å². The Hall–Kier alpha value is -2.36. The van der Waals surface area contributed by atoms with Crippen LogP contribution < -0.4 is 0 Å². The SMILES string of the molecule is Cc1c(C(C)(C)CC(C)(C)C)ccc(O)c1-n1nc2ccccc2n1. The molecule has 0 bridgehead atoms. The standard InChI is InChI=1S/C21H27N3O/c1-14-15(21(5,6)13-20(2,3)4)11-12-18(25)19(14)24-22-16-9-7-8-10-17(16)23-24/h7-12,25H,13H2,1-6H3. The molecule has 132 valence electrons. The summed E-state index contributed by atoms with van der Waals surface area (Å²) in [7, 11) is 0. The lowest BCUT2D eigenvalue weighted by atomic mass is 9.71. The Morgan fingerprint density at radius 1 is 0.920 bits per heavy atom. The van der Waals surface area contributed by atoms with Crippen molar-refractivity contribution in [1.29, 1.82) is 0 Å². The van der Waals surface area contributed by atoms with Gasteiger partial charge in [0, 0.05) is 0 Å². The van der Waals surface area contributed by atoms with E-state index in [1.807, 2.05) is 37.3 Å². The number of nitrogens with zero attached hydrogens (tertiary/aromatic N) is 3. The van der Waals surface area contributed by atoms with Crippen LogP contribution in [0.4, 0.5) is 0 Å². The molecule has 0 radical (unpaired) electrons. The van der Waals surface area contributed by atoms with Crippen LogP contribution in [0.3, 0.4) is 0 Å². The van der Waals surface area contributed by atoms with Crippen LogP contribution in [-0.4, -0.2) is 20.1 Å². The molecule has 1 heterocycles. The van der Waals surface area contributed by atoms with Crippen molar-refractivity contribution in [3.8, 4) is 11.4 Å². The van der Waals surface area contributed by atoms with Crippen LogP contribution in [-0.2, 0) is 5.41 Å². The second kappa shape index (κ2) is 5.87. The first kappa shape index (κ1) is 17.5. The molecule has 0 fully saturated rings. The summed E-state index contributed by atoms with van der Waals surface area (Å²) >= 11 is 0. The normalized spacial score (nSPS) is 12.7. The Morgan fingerprint density at radius 3 is 2.00 bits per heavy atom. The largest absolute Gasteiger partial charge is 0.506 e. The average Bonchev–Trinajstić information content (AvgIpc) is 2.87. The van der Waals surface area contributed by atoms with Crippen LogP contribution >= 0.6 is 0 Å². The van der Waals surface area contributed by atoms with Crippen LogP contribution in [0.1, 0.15) is 52.2 Å². The summed E-state index contributed by atoms with van der Waals surface area (Å²) in [5, 5.41) is 19.6. The fourth-order valence-electron chi connectivity index (χ4n) is 4.05. The van der Waals surface area contributed by atoms with Gasteiger partial charge in [-0.3, -0.25) is 0 Å². The molecule has 3 rings (SSSR count). The second-order valence-corrected chi connectivity index (χ2v) is 8.71. The maximum atomic E-state index is 10.5. The molecule has 0 unspecified atom stereocenters. The summed E-state index contributed by atoms with van der Waals surface area (Å²) in [6.45, 7) is 13.3. The van der Waals surface area contributed by atoms with Crippen molar-refractivity contribution in [1.82, 2.24) is 15.0 Å². The highest BCUT2D eigenvalue weighted by Crippen LogP contribution is 2.40. The van der Waals surface area contributed by atoms with Crippen molar-refractivity contribution < 1.29 is 5.11 Å². The molecule has 0 aliphatic carbocycles. The van der Waals surface area contributed by atoms with Gasteiger partial charge < -0.3 is 5.11 Å². The minimum atomic E-state index is -0.0165. The smallest absolute Gasteiger partial charge is 0.143 e. The quantitative estimate of drug-likeness (QED) is 0.719. The van der Waals surface area contributed by atoms with Gasteiger partial charge in [-0.15, -0.1) is 15.0 Å². The Kier molecular flexibility index (Phi) is 4.10. The third-order valence-electron chi connectivity index (χ3n) is 4.60. The fraction of sp³-hybridized carbons (Fsp3) is 0.429. The minimum absolute atomic E-state index is 0.0165. The predicted molar refractivity (Wildman–Crippen MR) is 102 cm³/mol. The molecule has 0 saturated carbocycles. The highest BCUT2D eigenvalue weighted by molar-refractivity contribution is 5.74. The number of aromatic hydroxyl groups is 1. The van der Waals surface area contributed by atoms with Crippen LogP contribution in [0.25, 0.3) is 16.7 Å². The molecule has 0 aliphatic heterocycles. The van der Waals surface area contributed by atoms with Crippen molar-refractivity contribution in [3.63, 3.8) is 0 Å². The molecule has 4 nitrogen and oxygen atoms in total. The van der Waals surface area contributed by atoms with E-state index in [0.29, 0.717) is 5.69 Å². The molecule has 1 aromatic heterocycles. The van der Waals surface area contributed by atoms with E-state index in [-0.39, 0.29) is 16.6 Å². The number of aromatic nitrogens is 3. The molecule has 0 atom stereocenters. The van der Waals surface area contributed by atoms with Gasteiger partial charge in [0.25, 0.3) is 0 Å². The van der Waals surface area contributed by atoms with Crippen molar-refractivity contribution in [2.45, 2.75) is 53.4 Å². The summed E-state index contributed by atoms with van der Waals surface area (Å²) in [5.41, 5.74) is 4.74. The van der Waals surface area contributed by atoms with E-state index < -0.39 is 0 Å². The topological polar surface area (TPSA) is 50.9 Å². The van der Waals surface area contributed by atoms with Gasteiger partial charge in [0.2, 0.25) is 0 Å². The Morgan fingerprint density at radius 2 is 1.48 bits per heavy atom. The van der Waals surface area contributed by atoms with Gasteiger partial charge in [0.05, 0.1) is 0 Å². The summed E-state index contributed by atoms with van der Waals surface area (Å²) in [5.74, 6) is 0.202. The Bertz CT molecular complexity index is 884. The fourth-order valence-corrected chi connectivity index (χ4v) is 4.05. The monoisotopic (exact) mass is 337 g/mol.